The fraction of sp³-hybridized carbons (Fsp3) is 0.600. The van der Waals surface area contributed by atoms with E-state index in [9.17, 15) is 9.59 Å². The van der Waals surface area contributed by atoms with Crippen LogP contribution in [0.3, 0.4) is 0 Å². The molecule has 0 saturated heterocycles. The minimum atomic E-state index is -0.291. The SMILES string of the molecule is CC(=O)OC1CCCC1C(=O)Nc1c2c(cc3c1CCC3)CCC2. The molecule has 4 heteroatoms. The summed E-state index contributed by atoms with van der Waals surface area (Å²) in [5.41, 5.74) is 6.65. The van der Waals surface area contributed by atoms with Crippen LogP contribution in [0.15, 0.2) is 6.07 Å². The molecule has 0 heterocycles. The van der Waals surface area contributed by atoms with E-state index in [1.807, 2.05) is 0 Å². The van der Waals surface area contributed by atoms with E-state index in [-0.39, 0.29) is 23.9 Å². The first-order valence-corrected chi connectivity index (χ1v) is 9.28. The minimum Gasteiger partial charge on any atom is -0.462 e. The van der Waals surface area contributed by atoms with Crippen molar-refractivity contribution in [1.82, 2.24) is 0 Å². The normalized spacial score (nSPS) is 24.5. The van der Waals surface area contributed by atoms with Crippen LogP contribution in [0.2, 0.25) is 0 Å². The average Bonchev–Trinajstić information content (AvgIpc) is 3.25. The van der Waals surface area contributed by atoms with Gasteiger partial charge in [0.2, 0.25) is 5.91 Å². The summed E-state index contributed by atoms with van der Waals surface area (Å²) in [7, 11) is 0. The fourth-order valence-electron chi connectivity index (χ4n) is 4.76. The second kappa shape index (κ2) is 6.23. The van der Waals surface area contributed by atoms with Crippen molar-refractivity contribution >= 4 is 17.6 Å². The molecule has 1 aromatic rings. The van der Waals surface area contributed by atoms with E-state index in [4.69, 9.17) is 4.74 Å². The van der Waals surface area contributed by atoms with Gasteiger partial charge in [0, 0.05) is 12.6 Å². The molecule has 1 saturated carbocycles. The molecule has 1 N–H and O–H groups in total. The highest BCUT2D eigenvalue weighted by Crippen LogP contribution is 2.39. The maximum absolute atomic E-state index is 12.9. The van der Waals surface area contributed by atoms with Gasteiger partial charge in [-0.3, -0.25) is 9.59 Å². The quantitative estimate of drug-likeness (QED) is 0.866. The Morgan fingerprint density at radius 2 is 1.67 bits per heavy atom. The van der Waals surface area contributed by atoms with Gasteiger partial charge in [0.25, 0.3) is 0 Å². The molecule has 0 aliphatic heterocycles. The van der Waals surface area contributed by atoms with Crippen LogP contribution < -0.4 is 5.32 Å². The van der Waals surface area contributed by atoms with E-state index in [1.165, 1.54) is 42.0 Å². The molecule has 4 rings (SSSR count). The number of carbonyl (C=O) groups excluding carboxylic acids is 2. The Morgan fingerprint density at radius 3 is 2.29 bits per heavy atom. The summed E-state index contributed by atoms with van der Waals surface area (Å²) in [6.07, 6.45) is 9.04. The van der Waals surface area contributed by atoms with Gasteiger partial charge in [-0.1, -0.05) is 6.07 Å². The second-order valence-corrected chi connectivity index (χ2v) is 7.41. The first kappa shape index (κ1) is 15.7. The molecule has 1 fully saturated rings. The topological polar surface area (TPSA) is 55.4 Å². The van der Waals surface area contributed by atoms with Crippen molar-refractivity contribution in [2.45, 2.75) is 70.8 Å². The summed E-state index contributed by atoms with van der Waals surface area (Å²) in [5.74, 6) is -0.461. The van der Waals surface area contributed by atoms with Crippen molar-refractivity contribution in [3.63, 3.8) is 0 Å². The van der Waals surface area contributed by atoms with Crippen LogP contribution in [0.25, 0.3) is 0 Å². The molecular weight excluding hydrogens is 302 g/mol. The Morgan fingerprint density at radius 1 is 1.00 bits per heavy atom. The van der Waals surface area contributed by atoms with E-state index in [1.54, 1.807) is 0 Å². The molecule has 1 amide bonds. The van der Waals surface area contributed by atoms with Crippen molar-refractivity contribution in [2.75, 3.05) is 5.32 Å². The zero-order valence-electron chi connectivity index (χ0n) is 14.3. The van der Waals surface area contributed by atoms with Crippen molar-refractivity contribution in [3.05, 3.63) is 28.3 Å². The van der Waals surface area contributed by atoms with Crippen LogP contribution in [0.4, 0.5) is 5.69 Å². The lowest BCUT2D eigenvalue weighted by Gasteiger charge is -2.21. The van der Waals surface area contributed by atoms with Crippen LogP contribution in [-0.4, -0.2) is 18.0 Å². The molecule has 3 aliphatic carbocycles. The smallest absolute Gasteiger partial charge is 0.302 e. The average molecular weight is 327 g/mol. The third-order valence-corrected chi connectivity index (χ3v) is 5.83. The van der Waals surface area contributed by atoms with E-state index >= 15 is 0 Å². The Hall–Kier alpha value is -1.84. The number of hydrogen-bond donors (Lipinski definition) is 1. The number of carbonyl (C=O) groups is 2. The summed E-state index contributed by atoms with van der Waals surface area (Å²) in [6.45, 7) is 1.42. The van der Waals surface area contributed by atoms with E-state index < -0.39 is 0 Å². The molecule has 128 valence electrons. The Labute approximate surface area is 143 Å². The predicted molar refractivity (Wildman–Crippen MR) is 92.0 cm³/mol. The molecule has 24 heavy (non-hydrogen) atoms. The highest BCUT2D eigenvalue weighted by Gasteiger charge is 2.36. The lowest BCUT2D eigenvalue weighted by atomic mass is 9.97. The van der Waals surface area contributed by atoms with Gasteiger partial charge in [0.15, 0.2) is 0 Å². The summed E-state index contributed by atoms with van der Waals surface area (Å²) in [5, 5.41) is 3.26. The number of nitrogens with one attached hydrogen (secondary N) is 1. The van der Waals surface area contributed by atoms with Gasteiger partial charge in [-0.25, -0.2) is 0 Å². The first-order valence-electron chi connectivity index (χ1n) is 9.28. The monoisotopic (exact) mass is 327 g/mol. The standard InChI is InChI=1S/C20H25NO3/c1-12(22)24-18-10-4-9-17(18)20(23)21-19-15-7-2-5-13(15)11-14-6-3-8-16(14)19/h11,17-18H,2-10H2,1H3,(H,21,23). The first-order chi connectivity index (χ1) is 11.6. The number of benzene rings is 1. The third-order valence-electron chi connectivity index (χ3n) is 5.83. The van der Waals surface area contributed by atoms with Crippen LogP contribution in [0.1, 0.15) is 61.3 Å². The zero-order valence-corrected chi connectivity index (χ0v) is 14.3. The number of anilines is 1. The lowest BCUT2D eigenvalue weighted by Crippen LogP contribution is -2.32. The minimum absolute atomic E-state index is 0.0353. The fourth-order valence-corrected chi connectivity index (χ4v) is 4.76. The van der Waals surface area contributed by atoms with Gasteiger partial charge >= 0.3 is 5.97 Å². The highest BCUT2D eigenvalue weighted by molar-refractivity contribution is 5.95. The number of fused-ring (bicyclic) bond motifs is 2. The number of hydrogen-bond acceptors (Lipinski definition) is 3. The molecule has 0 spiro atoms. The highest BCUT2D eigenvalue weighted by atomic mass is 16.5. The van der Waals surface area contributed by atoms with E-state index in [2.05, 4.69) is 11.4 Å². The van der Waals surface area contributed by atoms with Crippen LogP contribution in [0, 0.1) is 5.92 Å². The molecule has 2 atom stereocenters. The van der Waals surface area contributed by atoms with Crippen molar-refractivity contribution < 1.29 is 14.3 Å². The molecule has 0 aromatic heterocycles. The molecule has 3 aliphatic rings. The van der Waals surface area contributed by atoms with E-state index in [0.29, 0.717) is 0 Å². The molecule has 2 unspecified atom stereocenters. The van der Waals surface area contributed by atoms with Crippen LogP contribution in [0.5, 0.6) is 0 Å². The summed E-state index contributed by atoms with van der Waals surface area (Å²) in [6, 6.07) is 2.37. The van der Waals surface area contributed by atoms with Gasteiger partial charge in [-0.2, -0.15) is 0 Å². The maximum atomic E-state index is 12.9. The second-order valence-electron chi connectivity index (χ2n) is 7.41. The number of amides is 1. The summed E-state index contributed by atoms with van der Waals surface area (Å²) in [4.78, 5) is 24.2. The van der Waals surface area contributed by atoms with Gasteiger partial charge in [0.1, 0.15) is 6.10 Å². The number of aryl methyl sites for hydroxylation is 2. The molecular formula is C20H25NO3. The lowest BCUT2D eigenvalue weighted by molar-refractivity contribution is -0.149. The predicted octanol–water partition coefficient (Wildman–Crippen LogP) is 3.33. The number of esters is 1. The van der Waals surface area contributed by atoms with Crippen LogP contribution in [-0.2, 0) is 40.0 Å². The van der Waals surface area contributed by atoms with Gasteiger partial charge < -0.3 is 10.1 Å². The summed E-state index contributed by atoms with van der Waals surface area (Å²) < 4.78 is 5.37. The summed E-state index contributed by atoms with van der Waals surface area (Å²) >= 11 is 0. The van der Waals surface area contributed by atoms with Crippen LogP contribution >= 0.6 is 0 Å². The van der Waals surface area contributed by atoms with Gasteiger partial charge in [-0.05, 0) is 80.0 Å². The molecule has 0 radical (unpaired) electrons. The Kier molecular flexibility index (Phi) is 4.07. The third kappa shape index (κ3) is 2.72. The maximum Gasteiger partial charge on any atom is 0.302 e. The molecule has 4 nitrogen and oxygen atoms in total. The van der Waals surface area contributed by atoms with Crippen molar-refractivity contribution in [2.24, 2.45) is 5.92 Å². The van der Waals surface area contributed by atoms with Gasteiger partial charge in [0.05, 0.1) is 5.92 Å². The van der Waals surface area contributed by atoms with E-state index in [0.717, 1.165) is 50.6 Å². The Balaban J connectivity index is 1.59. The molecule has 1 aromatic carbocycles. The van der Waals surface area contributed by atoms with Gasteiger partial charge in [-0.15, -0.1) is 0 Å². The zero-order chi connectivity index (χ0) is 16.7. The number of ether oxygens (including phenoxy) is 1. The van der Waals surface area contributed by atoms with Crippen molar-refractivity contribution in [3.8, 4) is 0 Å². The largest absolute Gasteiger partial charge is 0.462 e. The number of rotatable bonds is 3. The van der Waals surface area contributed by atoms with Crippen molar-refractivity contribution in [1.29, 1.82) is 0 Å². The molecule has 0 bridgehead atoms. The Bertz CT molecular complexity index is 662.